The third-order valence-corrected chi connectivity index (χ3v) is 6.46. The predicted molar refractivity (Wildman–Crippen MR) is 113 cm³/mol. The van der Waals surface area contributed by atoms with E-state index in [4.69, 9.17) is 4.74 Å². The van der Waals surface area contributed by atoms with Crippen molar-refractivity contribution in [1.29, 1.82) is 0 Å². The Morgan fingerprint density at radius 3 is 2.61 bits per heavy atom. The maximum atomic E-state index is 14.0. The standard InChI is InChI=1S/C21H31FN2O6S/c1-14(15-8-9-17(22)18(11-15)30-13-21(2,3)27)24-31(28,29)10-6-4-5-7-16-12-19(25)23-20(16)26/h8-9,11,14,16,24,27H,4-7,10,12-13H2,1-3H3,(H,23,25,26)/t14-,16?/m1/s1. The molecule has 1 saturated heterocycles. The molecule has 3 N–H and O–H groups in total. The molecular formula is C21H31FN2O6S. The van der Waals surface area contributed by atoms with Crippen LogP contribution in [0.1, 0.15) is 64.5 Å². The summed E-state index contributed by atoms with van der Waals surface area (Å²) >= 11 is 0. The molecular weight excluding hydrogens is 427 g/mol. The van der Waals surface area contributed by atoms with Gasteiger partial charge in [-0.2, -0.15) is 0 Å². The van der Waals surface area contributed by atoms with Gasteiger partial charge in [0.25, 0.3) is 0 Å². The van der Waals surface area contributed by atoms with E-state index >= 15 is 0 Å². The van der Waals surface area contributed by atoms with Crippen molar-refractivity contribution < 1.29 is 32.2 Å². The Bertz CT molecular complexity index is 898. The smallest absolute Gasteiger partial charge is 0.230 e. The molecule has 2 amide bonds. The number of carbonyl (C=O) groups excluding carboxylic acids is 2. The molecule has 1 aromatic rings. The molecule has 2 atom stereocenters. The number of benzene rings is 1. The first-order chi connectivity index (χ1) is 14.4. The number of sulfonamides is 1. The number of nitrogens with one attached hydrogen (secondary N) is 2. The summed E-state index contributed by atoms with van der Waals surface area (Å²) in [6, 6.07) is 3.50. The van der Waals surface area contributed by atoms with E-state index in [9.17, 15) is 27.5 Å². The molecule has 0 aliphatic carbocycles. The van der Waals surface area contributed by atoms with Crippen LogP contribution in [0.2, 0.25) is 0 Å². The minimum absolute atomic E-state index is 0.0555. The molecule has 31 heavy (non-hydrogen) atoms. The molecule has 1 unspecified atom stereocenters. The Morgan fingerprint density at radius 1 is 1.29 bits per heavy atom. The minimum Gasteiger partial charge on any atom is -0.488 e. The van der Waals surface area contributed by atoms with Crippen LogP contribution in [0.25, 0.3) is 0 Å². The fraction of sp³-hybridized carbons (Fsp3) is 0.619. The Morgan fingerprint density at radius 2 is 2.00 bits per heavy atom. The predicted octanol–water partition coefficient (Wildman–Crippen LogP) is 2.18. The zero-order valence-corrected chi connectivity index (χ0v) is 18.9. The Hall–Kier alpha value is -2.04. The maximum Gasteiger partial charge on any atom is 0.230 e. The van der Waals surface area contributed by atoms with Gasteiger partial charge < -0.3 is 9.84 Å². The lowest BCUT2D eigenvalue weighted by Gasteiger charge is -2.20. The van der Waals surface area contributed by atoms with Crippen molar-refractivity contribution in [2.75, 3.05) is 12.4 Å². The van der Waals surface area contributed by atoms with Crippen molar-refractivity contribution >= 4 is 21.8 Å². The summed E-state index contributed by atoms with van der Waals surface area (Å²) in [4.78, 5) is 22.7. The Kier molecular flexibility index (Phi) is 8.56. The second kappa shape index (κ2) is 10.5. The highest BCUT2D eigenvalue weighted by Gasteiger charge is 2.29. The fourth-order valence-electron chi connectivity index (χ4n) is 3.25. The molecule has 8 nitrogen and oxygen atoms in total. The van der Waals surface area contributed by atoms with E-state index in [0.717, 1.165) is 0 Å². The van der Waals surface area contributed by atoms with E-state index in [-0.39, 0.29) is 42.3 Å². The SMILES string of the molecule is C[C@@H](NS(=O)(=O)CCCCCC1CC(=O)NC1=O)c1ccc(F)c(OCC(C)(C)O)c1. The van der Waals surface area contributed by atoms with Gasteiger partial charge in [-0.15, -0.1) is 0 Å². The average molecular weight is 459 g/mol. The topological polar surface area (TPSA) is 122 Å². The van der Waals surface area contributed by atoms with Crippen molar-refractivity contribution in [2.45, 2.75) is 64.5 Å². The van der Waals surface area contributed by atoms with E-state index in [2.05, 4.69) is 10.0 Å². The molecule has 1 fully saturated rings. The van der Waals surface area contributed by atoms with Crippen LogP contribution in [0.5, 0.6) is 5.75 Å². The maximum absolute atomic E-state index is 14.0. The lowest BCUT2D eigenvalue weighted by molar-refractivity contribution is -0.125. The van der Waals surface area contributed by atoms with Crippen LogP contribution in [0.15, 0.2) is 18.2 Å². The van der Waals surface area contributed by atoms with Gasteiger partial charge >= 0.3 is 0 Å². The zero-order valence-electron chi connectivity index (χ0n) is 18.1. The van der Waals surface area contributed by atoms with Gasteiger partial charge in [0, 0.05) is 18.4 Å². The molecule has 0 radical (unpaired) electrons. The van der Waals surface area contributed by atoms with E-state index in [1.165, 1.54) is 32.0 Å². The molecule has 1 aromatic carbocycles. The summed E-state index contributed by atoms with van der Waals surface area (Å²) in [5.41, 5.74) is -0.597. The number of hydrogen-bond donors (Lipinski definition) is 3. The summed E-state index contributed by atoms with van der Waals surface area (Å²) < 4.78 is 46.6. The van der Waals surface area contributed by atoms with E-state index in [0.29, 0.717) is 31.2 Å². The number of aliphatic hydroxyl groups is 1. The number of carbonyl (C=O) groups is 2. The highest BCUT2D eigenvalue weighted by atomic mass is 32.2. The molecule has 0 aromatic heterocycles. The van der Waals surface area contributed by atoms with Gasteiger partial charge in [0.05, 0.1) is 11.4 Å². The van der Waals surface area contributed by atoms with Crippen molar-refractivity contribution in [2.24, 2.45) is 5.92 Å². The average Bonchev–Trinajstić information content (AvgIpc) is 2.96. The van der Waals surface area contributed by atoms with Gasteiger partial charge in [0.2, 0.25) is 21.8 Å². The summed E-state index contributed by atoms with van der Waals surface area (Å²) in [6.45, 7) is 4.62. The highest BCUT2D eigenvalue weighted by molar-refractivity contribution is 7.89. The second-order valence-corrected chi connectivity index (χ2v) is 10.5. The van der Waals surface area contributed by atoms with Crippen molar-refractivity contribution in [3.63, 3.8) is 0 Å². The molecule has 10 heteroatoms. The number of halogens is 1. The quantitative estimate of drug-likeness (QED) is 0.326. The fourth-order valence-corrected chi connectivity index (χ4v) is 4.63. The van der Waals surface area contributed by atoms with E-state index < -0.39 is 27.5 Å². The largest absolute Gasteiger partial charge is 0.488 e. The van der Waals surface area contributed by atoms with Crippen LogP contribution < -0.4 is 14.8 Å². The Balaban J connectivity index is 1.81. The molecule has 2 rings (SSSR count). The third-order valence-electron chi connectivity index (χ3n) is 4.92. The Labute approximate surface area is 182 Å². The lowest BCUT2D eigenvalue weighted by Crippen LogP contribution is -2.29. The van der Waals surface area contributed by atoms with Crippen molar-refractivity contribution in [3.05, 3.63) is 29.6 Å². The molecule has 0 saturated carbocycles. The molecule has 1 aliphatic heterocycles. The van der Waals surface area contributed by atoms with Crippen LogP contribution in [-0.4, -0.2) is 43.3 Å². The molecule has 174 valence electrons. The van der Waals surface area contributed by atoms with E-state index in [1.807, 2.05) is 0 Å². The van der Waals surface area contributed by atoms with Gasteiger partial charge in [-0.1, -0.05) is 18.9 Å². The second-order valence-electron chi connectivity index (χ2n) is 8.61. The van der Waals surface area contributed by atoms with Crippen LogP contribution in [0.4, 0.5) is 4.39 Å². The van der Waals surface area contributed by atoms with Crippen LogP contribution in [-0.2, 0) is 19.6 Å². The first-order valence-corrected chi connectivity index (χ1v) is 12.0. The number of ether oxygens (including phenoxy) is 1. The van der Waals surface area contributed by atoms with Gasteiger partial charge in [-0.05, 0) is 51.3 Å². The third kappa shape index (κ3) is 8.54. The van der Waals surface area contributed by atoms with Crippen molar-refractivity contribution in [1.82, 2.24) is 10.0 Å². The van der Waals surface area contributed by atoms with Gasteiger partial charge in [-0.3, -0.25) is 14.9 Å². The number of unbranched alkanes of at least 4 members (excludes halogenated alkanes) is 2. The van der Waals surface area contributed by atoms with Gasteiger partial charge in [-0.25, -0.2) is 17.5 Å². The lowest BCUT2D eigenvalue weighted by atomic mass is 10.00. The normalized spacial score (nSPS) is 18.2. The molecule has 1 aliphatic rings. The van der Waals surface area contributed by atoms with Gasteiger partial charge in [0.1, 0.15) is 6.61 Å². The molecule has 0 spiro atoms. The van der Waals surface area contributed by atoms with Crippen LogP contribution in [0, 0.1) is 11.7 Å². The zero-order chi connectivity index (χ0) is 23.2. The first-order valence-electron chi connectivity index (χ1n) is 10.3. The summed E-state index contributed by atoms with van der Waals surface area (Å²) in [5, 5.41) is 12.0. The molecule has 1 heterocycles. The summed E-state index contributed by atoms with van der Waals surface area (Å²) in [5.74, 6) is -1.55. The van der Waals surface area contributed by atoms with E-state index in [1.54, 1.807) is 6.92 Å². The summed E-state index contributed by atoms with van der Waals surface area (Å²) in [6.07, 6.45) is 2.47. The number of imide groups is 1. The van der Waals surface area contributed by atoms with Crippen LogP contribution >= 0.6 is 0 Å². The minimum atomic E-state index is -3.56. The van der Waals surface area contributed by atoms with Crippen LogP contribution in [0.3, 0.4) is 0 Å². The summed E-state index contributed by atoms with van der Waals surface area (Å²) in [7, 11) is -3.56. The number of rotatable bonds is 12. The van der Waals surface area contributed by atoms with Gasteiger partial charge in [0.15, 0.2) is 11.6 Å². The highest BCUT2D eigenvalue weighted by Crippen LogP contribution is 2.24. The number of amides is 2. The molecule has 0 bridgehead atoms. The first kappa shape index (κ1) is 25.2. The monoisotopic (exact) mass is 458 g/mol. The van der Waals surface area contributed by atoms with Crippen molar-refractivity contribution in [3.8, 4) is 5.75 Å². The number of hydrogen-bond acceptors (Lipinski definition) is 6.